The zero-order valence-corrected chi connectivity index (χ0v) is 20.4. The number of hydrogen-bond donors (Lipinski definition) is 1. The van der Waals surface area contributed by atoms with Gasteiger partial charge in [-0.05, 0) is 57.5 Å². The number of methoxy groups -OCH3 is 1. The van der Waals surface area contributed by atoms with Crippen LogP contribution < -0.4 is 21.3 Å². The number of anilines is 1. The van der Waals surface area contributed by atoms with Crippen molar-refractivity contribution in [3.8, 4) is 5.75 Å². The van der Waals surface area contributed by atoms with Crippen LogP contribution in [0.2, 0.25) is 5.02 Å². The lowest BCUT2D eigenvalue weighted by Gasteiger charge is -2.20. The summed E-state index contributed by atoms with van der Waals surface area (Å²) in [7, 11) is 1.49. The second-order valence-electron chi connectivity index (χ2n) is 8.71. The molecule has 0 aliphatic carbocycles. The first-order valence-electron chi connectivity index (χ1n) is 10.5. The van der Waals surface area contributed by atoms with Crippen LogP contribution in [0.3, 0.4) is 0 Å². The van der Waals surface area contributed by atoms with E-state index in [4.69, 9.17) is 21.1 Å². The number of carbonyl (C=O) groups is 2. The van der Waals surface area contributed by atoms with Crippen LogP contribution in [0.1, 0.15) is 26.3 Å². The van der Waals surface area contributed by atoms with Crippen molar-refractivity contribution in [2.24, 2.45) is 0 Å². The van der Waals surface area contributed by atoms with E-state index in [1.165, 1.54) is 13.2 Å². The van der Waals surface area contributed by atoms with Gasteiger partial charge in [0.15, 0.2) is 0 Å². The fraction of sp³-hybridized carbons (Fsp3) is 0.333. The van der Waals surface area contributed by atoms with Gasteiger partial charge in [-0.2, -0.15) is 0 Å². The van der Waals surface area contributed by atoms with Crippen LogP contribution >= 0.6 is 11.6 Å². The number of aryl methyl sites for hydroxylation is 1. The molecule has 3 rings (SSSR count). The molecule has 0 radical (unpaired) electrons. The number of hydrogen-bond acceptors (Lipinski definition) is 6. The van der Waals surface area contributed by atoms with Gasteiger partial charge in [0.25, 0.3) is 5.56 Å². The number of nitrogens with zero attached hydrogens (tertiary/aromatic N) is 2. The lowest BCUT2D eigenvalue weighted by atomic mass is 10.2. The van der Waals surface area contributed by atoms with E-state index in [9.17, 15) is 19.2 Å². The molecule has 0 unspecified atom stereocenters. The molecule has 10 heteroatoms. The molecular weight excluding hydrogens is 462 g/mol. The molecule has 0 fully saturated rings. The lowest BCUT2D eigenvalue weighted by Crippen LogP contribution is -2.44. The summed E-state index contributed by atoms with van der Waals surface area (Å²) in [6, 6.07) is 9.63. The minimum atomic E-state index is -0.797. The first kappa shape index (κ1) is 25.0. The van der Waals surface area contributed by atoms with Gasteiger partial charge in [0, 0.05) is 5.69 Å². The summed E-state index contributed by atoms with van der Waals surface area (Å²) >= 11 is 6.17. The van der Waals surface area contributed by atoms with E-state index in [0.717, 1.165) is 9.13 Å². The molecule has 1 aromatic heterocycles. The second kappa shape index (κ2) is 9.72. The van der Waals surface area contributed by atoms with Crippen molar-refractivity contribution in [2.75, 3.05) is 12.4 Å². The molecule has 1 amide bonds. The van der Waals surface area contributed by atoms with E-state index in [1.807, 2.05) is 0 Å². The third-order valence-corrected chi connectivity index (χ3v) is 5.21. The molecule has 0 atom stereocenters. The van der Waals surface area contributed by atoms with E-state index >= 15 is 0 Å². The number of carbonyl (C=O) groups excluding carboxylic acids is 2. The lowest BCUT2D eigenvalue weighted by molar-refractivity contribution is -0.155. The summed E-state index contributed by atoms with van der Waals surface area (Å²) in [4.78, 5) is 51.3. The summed E-state index contributed by atoms with van der Waals surface area (Å²) in [5.74, 6) is -0.783. The topological polar surface area (TPSA) is 109 Å². The van der Waals surface area contributed by atoms with Gasteiger partial charge in [0.2, 0.25) is 5.91 Å². The standard InChI is InChI=1S/C24H26ClN3O6/c1-14-10-19(33-5)16(25)11-17(14)26-20(29)12-27-18-9-7-6-8-15(18)22(31)28(23(27)32)13-21(30)34-24(2,3)4/h6-11H,12-13H2,1-5H3,(H,26,29). The van der Waals surface area contributed by atoms with E-state index in [0.29, 0.717) is 22.0 Å². The average Bonchev–Trinajstić information content (AvgIpc) is 2.75. The summed E-state index contributed by atoms with van der Waals surface area (Å²) in [5.41, 5.74) is -0.780. The third-order valence-electron chi connectivity index (χ3n) is 4.91. The molecule has 34 heavy (non-hydrogen) atoms. The zero-order chi connectivity index (χ0) is 25.2. The van der Waals surface area contributed by atoms with Gasteiger partial charge in [-0.1, -0.05) is 23.7 Å². The molecule has 1 N–H and O–H groups in total. The molecule has 0 aliphatic heterocycles. The highest BCUT2D eigenvalue weighted by atomic mass is 35.5. The summed E-state index contributed by atoms with van der Waals surface area (Å²) in [6.07, 6.45) is 0. The van der Waals surface area contributed by atoms with Gasteiger partial charge >= 0.3 is 11.7 Å². The number of halogens is 1. The van der Waals surface area contributed by atoms with Gasteiger partial charge < -0.3 is 14.8 Å². The number of ether oxygens (including phenoxy) is 2. The zero-order valence-electron chi connectivity index (χ0n) is 19.6. The molecule has 0 spiro atoms. The molecule has 180 valence electrons. The Kier molecular flexibility index (Phi) is 7.16. The molecule has 0 bridgehead atoms. The summed E-state index contributed by atoms with van der Waals surface area (Å²) in [6.45, 7) is 5.86. The van der Waals surface area contributed by atoms with Crippen LogP contribution in [-0.4, -0.2) is 33.7 Å². The van der Waals surface area contributed by atoms with E-state index < -0.39 is 41.8 Å². The van der Waals surface area contributed by atoms with Crippen molar-refractivity contribution in [1.29, 1.82) is 0 Å². The number of esters is 1. The average molecular weight is 488 g/mol. The quantitative estimate of drug-likeness (QED) is 0.535. The van der Waals surface area contributed by atoms with Gasteiger partial charge in [-0.3, -0.25) is 19.0 Å². The van der Waals surface area contributed by atoms with E-state index in [2.05, 4.69) is 5.32 Å². The van der Waals surface area contributed by atoms with E-state index in [1.54, 1.807) is 58.0 Å². The fourth-order valence-electron chi connectivity index (χ4n) is 3.45. The number of rotatable bonds is 6. The van der Waals surface area contributed by atoms with Crippen molar-refractivity contribution >= 4 is 40.1 Å². The Morgan fingerprint density at radius 1 is 1.06 bits per heavy atom. The Hall–Kier alpha value is -3.59. The molecule has 0 aliphatic rings. The van der Waals surface area contributed by atoms with Crippen molar-refractivity contribution in [3.63, 3.8) is 0 Å². The van der Waals surface area contributed by atoms with Crippen LogP contribution in [0.4, 0.5) is 5.69 Å². The largest absolute Gasteiger partial charge is 0.495 e. The van der Waals surface area contributed by atoms with Crippen molar-refractivity contribution in [2.45, 2.75) is 46.4 Å². The van der Waals surface area contributed by atoms with Crippen molar-refractivity contribution in [3.05, 3.63) is 67.8 Å². The van der Waals surface area contributed by atoms with Crippen molar-refractivity contribution < 1.29 is 19.1 Å². The third kappa shape index (κ3) is 5.48. The maximum absolute atomic E-state index is 13.2. The molecule has 1 heterocycles. The van der Waals surface area contributed by atoms with Crippen LogP contribution in [0.5, 0.6) is 5.75 Å². The Bertz CT molecular complexity index is 1380. The van der Waals surface area contributed by atoms with Crippen LogP contribution in [-0.2, 0) is 27.4 Å². The monoisotopic (exact) mass is 487 g/mol. The van der Waals surface area contributed by atoms with Crippen molar-refractivity contribution in [1.82, 2.24) is 9.13 Å². The molecule has 0 saturated heterocycles. The predicted octanol–water partition coefficient (Wildman–Crippen LogP) is 3.11. The molecule has 9 nitrogen and oxygen atoms in total. The summed E-state index contributed by atoms with van der Waals surface area (Å²) < 4.78 is 12.4. The highest BCUT2D eigenvalue weighted by Gasteiger charge is 2.21. The fourth-order valence-corrected chi connectivity index (χ4v) is 3.69. The Balaban J connectivity index is 2.00. The number of para-hydroxylation sites is 1. The first-order valence-corrected chi connectivity index (χ1v) is 10.9. The number of amides is 1. The maximum Gasteiger partial charge on any atom is 0.332 e. The minimum absolute atomic E-state index is 0.196. The maximum atomic E-state index is 13.2. The molecule has 2 aromatic carbocycles. The van der Waals surface area contributed by atoms with E-state index in [-0.39, 0.29) is 10.9 Å². The molecular formula is C24H26ClN3O6. The van der Waals surface area contributed by atoms with Gasteiger partial charge in [0.05, 0.1) is 23.0 Å². The number of nitrogens with one attached hydrogen (secondary N) is 1. The van der Waals surface area contributed by atoms with Crippen LogP contribution in [0.25, 0.3) is 10.9 Å². The highest BCUT2D eigenvalue weighted by Crippen LogP contribution is 2.30. The number of aromatic nitrogens is 2. The number of benzene rings is 2. The Labute approximate surface area is 200 Å². The van der Waals surface area contributed by atoms with Gasteiger partial charge in [-0.25, -0.2) is 9.36 Å². The first-order chi connectivity index (χ1) is 15.9. The Morgan fingerprint density at radius 3 is 2.38 bits per heavy atom. The predicted molar refractivity (Wildman–Crippen MR) is 130 cm³/mol. The normalized spacial score (nSPS) is 11.4. The molecule has 3 aromatic rings. The minimum Gasteiger partial charge on any atom is -0.495 e. The summed E-state index contributed by atoms with van der Waals surface area (Å²) in [5, 5.41) is 3.24. The van der Waals surface area contributed by atoms with Gasteiger partial charge in [-0.15, -0.1) is 0 Å². The smallest absolute Gasteiger partial charge is 0.332 e. The SMILES string of the molecule is COc1cc(C)c(NC(=O)Cn2c(=O)n(CC(=O)OC(C)(C)C)c(=O)c3ccccc32)cc1Cl. The second-order valence-corrected chi connectivity index (χ2v) is 9.12. The Morgan fingerprint density at radius 2 is 1.74 bits per heavy atom. The van der Waals surface area contributed by atoms with Crippen LogP contribution in [0, 0.1) is 6.92 Å². The highest BCUT2D eigenvalue weighted by molar-refractivity contribution is 6.32. The van der Waals surface area contributed by atoms with Crippen LogP contribution in [0.15, 0.2) is 46.0 Å². The van der Waals surface area contributed by atoms with Gasteiger partial charge in [0.1, 0.15) is 24.4 Å². The number of fused-ring (bicyclic) bond motifs is 1. The molecule has 0 saturated carbocycles.